The Hall–Kier alpha value is -1.56. The lowest BCUT2D eigenvalue weighted by molar-refractivity contribution is 0.0122. The number of rotatable bonds is 1. The highest BCUT2D eigenvalue weighted by Crippen LogP contribution is 2.33. The van der Waals surface area contributed by atoms with Crippen molar-refractivity contribution in [1.29, 1.82) is 0 Å². The van der Waals surface area contributed by atoms with Gasteiger partial charge in [0.15, 0.2) is 11.0 Å². The number of nitrogens with zero attached hydrogens (tertiary/aromatic N) is 4. The standard InChI is InChI=1S/C15H21ClN4O2/c1-15(2,3)22-14(21)20-10-4-5-11(20)9-19(8-10)13-7-6-12(16)17-18-13/h6-7,10-11H,4-5,8-9H2,1-3H3/t10-,11+. The Morgan fingerprint density at radius 1 is 1.23 bits per heavy atom. The molecule has 1 aromatic heterocycles. The van der Waals surface area contributed by atoms with Gasteiger partial charge in [-0.3, -0.25) is 4.90 Å². The molecule has 0 radical (unpaired) electrons. The Labute approximate surface area is 135 Å². The summed E-state index contributed by atoms with van der Waals surface area (Å²) < 4.78 is 5.54. The number of ether oxygens (including phenoxy) is 1. The number of halogens is 1. The number of amides is 1. The van der Waals surface area contributed by atoms with E-state index in [0.717, 1.165) is 31.7 Å². The Kier molecular flexibility index (Phi) is 3.89. The summed E-state index contributed by atoms with van der Waals surface area (Å²) in [5, 5.41) is 8.42. The largest absolute Gasteiger partial charge is 0.444 e. The molecule has 0 N–H and O–H groups in total. The van der Waals surface area contributed by atoms with E-state index in [9.17, 15) is 4.79 Å². The van der Waals surface area contributed by atoms with Gasteiger partial charge in [0.05, 0.1) is 12.1 Å². The third kappa shape index (κ3) is 3.11. The van der Waals surface area contributed by atoms with E-state index in [0.29, 0.717) is 5.15 Å². The van der Waals surface area contributed by atoms with Crippen LogP contribution in [0.1, 0.15) is 33.6 Å². The van der Waals surface area contributed by atoms with Gasteiger partial charge >= 0.3 is 6.09 Å². The zero-order valence-electron chi connectivity index (χ0n) is 13.1. The van der Waals surface area contributed by atoms with Crippen molar-refractivity contribution in [1.82, 2.24) is 15.1 Å². The highest BCUT2D eigenvalue weighted by Gasteiger charge is 2.44. The average Bonchev–Trinajstić information content (AvgIpc) is 2.69. The van der Waals surface area contributed by atoms with E-state index < -0.39 is 5.60 Å². The number of carbonyl (C=O) groups is 1. The van der Waals surface area contributed by atoms with E-state index in [4.69, 9.17) is 16.3 Å². The van der Waals surface area contributed by atoms with Crippen molar-refractivity contribution in [3.05, 3.63) is 17.3 Å². The molecule has 2 bridgehead atoms. The lowest BCUT2D eigenvalue weighted by Gasteiger charge is -2.41. The molecule has 2 aliphatic heterocycles. The van der Waals surface area contributed by atoms with Crippen LogP contribution in [0, 0.1) is 0 Å². The molecule has 0 aromatic carbocycles. The Morgan fingerprint density at radius 3 is 2.36 bits per heavy atom. The van der Waals surface area contributed by atoms with Gasteiger partial charge in [0, 0.05) is 13.1 Å². The number of fused-ring (bicyclic) bond motifs is 2. The summed E-state index contributed by atoms with van der Waals surface area (Å²) in [4.78, 5) is 16.5. The molecule has 2 saturated heterocycles. The maximum atomic E-state index is 12.4. The average molecular weight is 325 g/mol. The first kappa shape index (κ1) is 15.3. The van der Waals surface area contributed by atoms with E-state index in [2.05, 4.69) is 15.1 Å². The maximum Gasteiger partial charge on any atom is 0.410 e. The molecule has 2 atom stereocenters. The summed E-state index contributed by atoms with van der Waals surface area (Å²) in [6.07, 6.45) is 1.80. The number of hydrogen-bond acceptors (Lipinski definition) is 5. The fraction of sp³-hybridized carbons (Fsp3) is 0.667. The predicted octanol–water partition coefficient (Wildman–Crippen LogP) is 2.72. The van der Waals surface area contributed by atoms with Crippen LogP contribution in [0.4, 0.5) is 10.6 Å². The molecule has 120 valence electrons. The van der Waals surface area contributed by atoms with Crippen molar-refractivity contribution in [2.45, 2.75) is 51.3 Å². The lowest BCUT2D eigenvalue weighted by Crippen LogP contribution is -2.57. The van der Waals surface area contributed by atoms with Crippen LogP contribution in [0.15, 0.2) is 12.1 Å². The van der Waals surface area contributed by atoms with Gasteiger partial charge in [-0.2, -0.15) is 0 Å². The van der Waals surface area contributed by atoms with E-state index in [1.807, 2.05) is 31.7 Å². The van der Waals surface area contributed by atoms with Crippen LogP contribution in [0.5, 0.6) is 0 Å². The number of carbonyl (C=O) groups excluding carboxylic acids is 1. The molecule has 1 amide bonds. The number of aromatic nitrogens is 2. The Morgan fingerprint density at radius 2 is 1.86 bits per heavy atom. The molecular formula is C15H21ClN4O2. The van der Waals surface area contributed by atoms with Gasteiger partial charge < -0.3 is 9.64 Å². The van der Waals surface area contributed by atoms with Crippen LogP contribution in [0.3, 0.4) is 0 Å². The van der Waals surface area contributed by atoms with Gasteiger partial charge in [0.25, 0.3) is 0 Å². The number of piperazine rings is 1. The molecule has 3 rings (SSSR count). The number of hydrogen-bond donors (Lipinski definition) is 0. The summed E-state index contributed by atoms with van der Waals surface area (Å²) >= 11 is 5.78. The van der Waals surface area contributed by atoms with Crippen LogP contribution in [-0.4, -0.2) is 52.0 Å². The second-order valence-electron chi connectivity index (χ2n) is 6.89. The van der Waals surface area contributed by atoms with E-state index in [-0.39, 0.29) is 18.2 Å². The quantitative estimate of drug-likeness (QED) is 0.795. The second-order valence-corrected chi connectivity index (χ2v) is 7.28. The summed E-state index contributed by atoms with van der Waals surface area (Å²) in [6, 6.07) is 3.96. The first-order chi connectivity index (χ1) is 10.3. The fourth-order valence-corrected chi connectivity index (χ4v) is 3.28. The SMILES string of the molecule is CC(C)(C)OC(=O)N1[C@@H]2CC[C@H]1CN(c1ccc(Cl)nn1)C2. The van der Waals surface area contributed by atoms with Gasteiger partial charge in [-0.15, -0.1) is 10.2 Å². The summed E-state index contributed by atoms with van der Waals surface area (Å²) in [6.45, 7) is 7.20. The van der Waals surface area contributed by atoms with Crippen molar-refractivity contribution in [3.63, 3.8) is 0 Å². The maximum absolute atomic E-state index is 12.4. The topological polar surface area (TPSA) is 58.6 Å². The van der Waals surface area contributed by atoms with Crippen molar-refractivity contribution < 1.29 is 9.53 Å². The molecule has 3 heterocycles. The highest BCUT2D eigenvalue weighted by molar-refractivity contribution is 6.29. The third-order valence-corrected chi connectivity index (χ3v) is 4.23. The van der Waals surface area contributed by atoms with E-state index >= 15 is 0 Å². The third-order valence-electron chi connectivity index (χ3n) is 4.03. The molecule has 7 heteroatoms. The van der Waals surface area contributed by atoms with E-state index in [1.54, 1.807) is 6.07 Å². The molecule has 6 nitrogen and oxygen atoms in total. The molecular weight excluding hydrogens is 304 g/mol. The van der Waals surface area contributed by atoms with Crippen LogP contribution in [0.25, 0.3) is 0 Å². The first-order valence-electron chi connectivity index (χ1n) is 7.59. The normalized spacial score (nSPS) is 24.5. The Balaban J connectivity index is 1.71. The minimum atomic E-state index is -0.463. The molecule has 2 fully saturated rings. The summed E-state index contributed by atoms with van der Waals surface area (Å²) in [7, 11) is 0. The van der Waals surface area contributed by atoms with Gasteiger partial charge in [-0.05, 0) is 45.7 Å². The van der Waals surface area contributed by atoms with Crippen LogP contribution < -0.4 is 4.90 Å². The lowest BCUT2D eigenvalue weighted by atomic mass is 10.2. The molecule has 0 unspecified atom stereocenters. The molecule has 0 spiro atoms. The van der Waals surface area contributed by atoms with Crippen molar-refractivity contribution in [2.24, 2.45) is 0 Å². The molecule has 1 aromatic rings. The zero-order valence-corrected chi connectivity index (χ0v) is 13.9. The van der Waals surface area contributed by atoms with Gasteiger partial charge in [-0.25, -0.2) is 4.79 Å². The minimum absolute atomic E-state index is 0.172. The van der Waals surface area contributed by atoms with Crippen molar-refractivity contribution in [2.75, 3.05) is 18.0 Å². The van der Waals surface area contributed by atoms with Crippen LogP contribution in [-0.2, 0) is 4.74 Å². The molecule has 0 saturated carbocycles. The van der Waals surface area contributed by atoms with Gasteiger partial charge in [0.2, 0.25) is 0 Å². The fourth-order valence-electron chi connectivity index (χ4n) is 3.18. The second kappa shape index (κ2) is 5.57. The van der Waals surface area contributed by atoms with E-state index in [1.165, 1.54) is 0 Å². The smallest absolute Gasteiger partial charge is 0.410 e. The van der Waals surface area contributed by atoms with Crippen LogP contribution in [0.2, 0.25) is 5.15 Å². The highest BCUT2D eigenvalue weighted by atomic mass is 35.5. The molecule has 2 aliphatic rings. The zero-order chi connectivity index (χ0) is 15.9. The minimum Gasteiger partial charge on any atom is -0.444 e. The molecule has 0 aliphatic carbocycles. The first-order valence-corrected chi connectivity index (χ1v) is 7.97. The summed E-state index contributed by atoms with van der Waals surface area (Å²) in [5.41, 5.74) is -0.463. The molecule has 22 heavy (non-hydrogen) atoms. The predicted molar refractivity (Wildman–Crippen MR) is 84.1 cm³/mol. The summed E-state index contributed by atoms with van der Waals surface area (Å²) in [5.74, 6) is 0.810. The van der Waals surface area contributed by atoms with Gasteiger partial charge in [0.1, 0.15) is 5.60 Å². The Bertz CT molecular complexity index is 544. The number of anilines is 1. The van der Waals surface area contributed by atoms with Crippen molar-refractivity contribution >= 4 is 23.5 Å². The van der Waals surface area contributed by atoms with Crippen LogP contribution >= 0.6 is 11.6 Å². The monoisotopic (exact) mass is 324 g/mol. The van der Waals surface area contributed by atoms with Crippen molar-refractivity contribution in [3.8, 4) is 0 Å². The van der Waals surface area contributed by atoms with Gasteiger partial charge in [-0.1, -0.05) is 11.6 Å².